The number of hydrogen-bond donors (Lipinski definition) is 0. The number of rotatable bonds is 9. The molecule has 3 aromatic rings. The van der Waals surface area contributed by atoms with Gasteiger partial charge in [0.1, 0.15) is 25.0 Å². The number of hydrogen-bond acceptors (Lipinski definition) is 5. The van der Waals surface area contributed by atoms with E-state index in [9.17, 15) is 19.2 Å². The van der Waals surface area contributed by atoms with Gasteiger partial charge in [-0.1, -0.05) is 90.5 Å². The number of aldehydes is 1. The normalized spacial score (nSPS) is 17.5. The number of fused-ring (bicyclic) bond motifs is 3. The minimum absolute atomic E-state index is 0.0752. The number of aryl methyl sites for hydroxylation is 1. The zero-order valence-electron chi connectivity index (χ0n) is 25.5. The molecule has 1 heterocycles. The highest BCUT2D eigenvalue weighted by molar-refractivity contribution is 5.92. The summed E-state index contributed by atoms with van der Waals surface area (Å²) in [5.41, 5.74) is 6.48. The first-order chi connectivity index (χ1) is 21.3. The summed E-state index contributed by atoms with van der Waals surface area (Å²) in [6.45, 7) is 2.36. The van der Waals surface area contributed by atoms with E-state index in [1.165, 1.54) is 9.80 Å². The van der Waals surface area contributed by atoms with Crippen LogP contribution < -0.4 is 0 Å². The van der Waals surface area contributed by atoms with Gasteiger partial charge in [-0.05, 0) is 47.6 Å². The van der Waals surface area contributed by atoms with Crippen LogP contribution in [-0.4, -0.2) is 84.8 Å². The number of nitrogens with zero attached hydrogens (tertiary/aromatic N) is 3. The summed E-state index contributed by atoms with van der Waals surface area (Å²) >= 11 is 0. The van der Waals surface area contributed by atoms with Gasteiger partial charge in [0.2, 0.25) is 11.8 Å². The topological polar surface area (TPSA) is 87.2 Å². The van der Waals surface area contributed by atoms with E-state index in [-0.39, 0.29) is 30.9 Å². The van der Waals surface area contributed by atoms with Crippen molar-refractivity contribution in [3.8, 4) is 11.1 Å². The molecule has 2 atom stereocenters. The average molecular weight is 594 g/mol. The largest absolute Gasteiger partial charge is 0.448 e. The van der Waals surface area contributed by atoms with Gasteiger partial charge in [-0.25, -0.2) is 4.79 Å². The summed E-state index contributed by atoms with van der Waals surface area (Å²) in [6, 6.07) is 22.4. The number of amides is 3. The van der Waals surface area contributed by atoms with Crippen molar-refractivity contribution in [1.29, 1.82) is 0 Å². The zero-order chi connectivity index (χ0) is 31.2. The Morgan fingerprint density at radius 2 is 1.59 bits per heavy atom. The number of carbonyl (C=O) groups is 4. The first-order valence-corrected chi connectivity index (χ1v) is 15.1. The third kappa shape index (κ3) is 6.44. The molecule has 8 nitrogen and oxygen atoms in total. The Morgan fingerprint density at radius 3 is 2.23 bits per heavy atom. The van der Waals surface area contributed by atoms with E-state index in [0.717, 1.165) is 33.4 Å². The third-order valence-corrected chi connectivity index (χ3v) is 8.66. The summed E-state index contributed by atoms with van der Waals surface area (Å²) in [6.07, 6.45) is 5.11. The minimum atomic E-state index is -0.855. The van der Waals surface area contributed by atoms with Crippen molar-refractivity contribution in [2.45, 2.75) is 44.2 Å². The highest BCUT2D eigenvalue weighted by Crippen LogP contribution is 2.44. The molecule has 1 aliphatic carbocycles. The van der Waals surface area contributed by atoms with Gasteiger partial charge in [0.25, 0.3) is 0 Å². The molecule has 0 saturated heterocycles. The molecular formula is C36H39N3O5. The number of carbonyl (C=O) groups excluding carboxylic acids is 4. The third-order valence-electron chi connectivity index (χ3n) is 8.66. The second-order valence-corrected chi connectivity index (χ2v) is 11.5. The Balaban J connectivity index is 1.36. The standard InChI is InChI=1S/C36H39N3O5/c1-25-16-18-26(19-17-25)23-33(34(41)37(2)21-22-40)39-20-10-4-5-15-32(35(39)42)38(3)36(43)44-24-31-29-13-8-6-11-27(29)28-12-7-9-14-30(28)31/h4-9,11-14,16-19,22,31-33H,10,15,20-21,23-24H2,1-3H3/b5-4-/t32-,33-/m0/s1. The van der Waals surface area contributed by atoms with Crippen LogP contribution in [0, 0.1) is 6.92 Å². The van der Waals surface area contributed by atoms with Crippen molar-refractivity contribution in [3.05, 3.63) is 107 Å². The Bertz CT molecular complexity index is 1500. The summed E-state index contributed by atoms with van der Waals surface area (Å²) in [5.74, 6) is -0.748. The molecule has 0 radical (unpaired) electrons. The quantitative estimate of drug-likeness (QED) is 0.258. The summed E-state index contributed by atoms with van der Waals surface area (Å²) in [7, 11) is 3.14. The second-order valence-electron chi connectivity index (χ2n) is 11.5. The Labute approximate surface area is 258 Å². The van der Waals surface area contributed by atoms with Gasteiger partial charge in [0, 0.05) is 33.0 Å². The van der Waals surface area contributed by atoms with E-state index in [4.69, 9.17) is 4.74 Å². The van der Waals surface area contributed by atoms with E-state index in [1.54, 1.807) is 19.0 Å². The lowest BCUT2D eigenvalue weighted by atomic mass is 9.98. The van der Waals surface area contributed by atoms with Gasteiger partial charge in [-0.15, -0.1) is 0 Å². The van der Waals surface area contributed by atoms with Crippen molar-refractivity contribution >= 4 is 24.2 Å². The van der Waals surface area contributed by atoms with E-state index >= 15 is 0 Å². The molecule has 0 unspecified atom stereocenters. The molecule has 0 N–H and O–H groups in total. The summed E-state index contributed by atoms with van der Waals surface area (Å²) in [4.78, 5) is 56.9. The molecule has 3 aromatic carbocycles. The van der Waals surface area contributed by atoms with E-state index in [1.807, 2.05) is 67.6 Å². The Hall–Kier alpha value is -4.72. The van der Waals surface area contributed by atoms with Crippen LogP contribution in [0.25, 0.3) is 11.1 Å². The van der Waals surface area contributed by atoms with Crippen LogP contribution >= 0.6 is 0 Å². The number of benzene rings is 3. The molecule has 3 amide bonds. The van der Waals surface area contributed by atoms with E-state index < -0.39 is 18.2 Å². The fourth-order valence-electron chi connectivity index (χ4n) is 6.15. The van der Waals surface area contributed by atoms with Crippen molar-refractivity contribution < 1.29 is 23.9 Å². The minimum Gasteiger partial charge on any atom is -0.448 e. The molecule has 0 aromatic heterocycles. The SMILES string of the molecule is Cc1ccc(C[C@@H](C(=O)N(C)CC=O)N2CC/C=C\C[C@H](N(C)C(=O)OCC3c4ccccc4-c4ccccc43)C2=O)cc1. The molecular weight excluding hydrogens is 554 g/mol. The van der Waals surface area contributed by atoms with Gasteiger partial charge in [-0.2, -0.15) is 0 Å². The first kappa shape index (κ1) is 30.7. The maximum absolute atomic E-state index is 14.2. The lowest BCUT2D eigenvalue weighted by Crippen LogP contribution is -2.57. The van der Waals surface area contributed by atoms with Gasteiger partial charge in [0.15, 0.2) is 0 Å². The van der Waals surface area contributed by atoms with Crippen LogP contribution in [0.2, 0.25) is 0 Å². The zero-order valence-corrected chi connectivity index (χ0v) is 25.5. The Morgan fingerprint density at radius 1 is 0.955 bits per heavy atom. The predicted octanol–water partition coefficient (Wildman–Crippen LogP) is 4.99. The molecule has 0 spiro atoms. The lowest BCUT2D eigenvalue weighted by molar-refractivity contribution is -0.148. The fourth-order valence-corrected chi connectivity index (χ4v) is 6.15. The van der Waals surface area contributed by atoms with Crippen molar-refractivity contribution in [2.75, 3.05) is 33.8 Å². The van der Waals surface area contributed by atoms with Crippen LogP contribution in [0.1, 0.15) is 41.0 Å². The molecule has 0 bridgehead atoms. The van der Waals surface area contributed by atoms with Crippen LogP contribution in [0.4, 0.5) is 4.79 Å². The average Bonchev–Trinajstić information content (AvgIpc) is 3.35. The lowest BCUT2D eigenvalue weighted by Gasteiger charge is -2.38. The highest BCUT2D eigenvalue weighted by atomic mass is 16.6. The summed E-state index contributed by atoms with van der Waals surface area (Å²) < 4.78 is 5.87. The second kappa shape index (κ2) is 13.7. The summed E-state index contributed by atoms with van der Waals surface area (Å²) in [5, 5.41) is 0. The van der Waals surface area contributed by atoms with Crippen molar-refractivity contribution in [1.82, 2.24) is 14.7 Å². The number of ether oxygens (including phenoxy) is 1. The van der Waals surface area contributed by atoms with E-state index in [2.05, 4.69) is 24.3 Å². The van der Waals surface area contributed by atoms with Crippen molar-refractivity contribution in [2.24, 2.45) is 0 Å². The van der Waals surface area contributed by atoms with Gasteiger partial charge >= 0.3 is 6.09 Å². The maximum atomic E-state index is 14.2. The first-order valence-electron chi connectivity index (χ1n) is 15.1. The van der Waals surface area contributed by atoms with Crippen LogP contribution in [0.5, 0.6) is 0 Å². The highest BCUT2D eigenvalue weighted by Gasteiger charge is 2.38. The van der Waals surface area contributed by atoms with E-state index in [0.29, 0.717) is 32.1 Å². The Kier molecular flexibility index (Phi) is 9.58. The van der Waals surface area contributed by atoms with Gasteiger partial charge in [0.05, 0.1) is 6.54 Å². The van der Waals surface area contributed by atoms with Crippen LogP contribution in [0.3, 0.4) is 0 Å². The molecule has 0 saturated carbocycles. The molecule has 2 aliphatic rings. The molecule has 5 rings (SSSR count). The maximum Gasteiger partial charge on any atom is 0.410 e. The van der Waals surface area contributed by atoms with Crippen molar-refractivity contribution in [3.63, 3.8) is 0 Å². The molecule has 0 fully saturated rings. The molecule has 228 valence electrons. The fraction of sp³-hybridized carbons (Fsp3) is 0.333. The van der Waals surface area contributed by atoms with Gasteiger partial charge < -0.3 is 19.3 Å². The van der Waals surface area contributed by atoms with Gasteiger partial charge in [-0.3, -0.25) is 14.5 Å². The smallest absolute Gasteiger partial charge is 0.410 e. The molecule has 44 heavy (non-hydrogen) atoms. The van der Waals surface area contributed by atoms with Crippen LogP contribution in [0.15, 0.2) is 84.9 Å². The number of likely N-dealkylation sites (N-methyl/N-ethyl adjacent to an activating group) is 2. The predicted molar refractivity (Wildman–Crippen MR) is 169 cm³/mol. The molecule has 1 aliphatic heterocycles. The monoisotopic (exact) mass is 593 g/mol. The van der Waals surface area contributed by atoms with Crippen LogP contribution in [-0.2, 0) is 25.5 Å². The molecule has 8 heteroatoms.